The molecule has 6 nitrogen and oxygen atoms in total. The number of halogens is 1. The van der Waals surface area contributed by atoms with Gasteiger partial charge in [-0.05, 0) is 50.5 Å². The molecule has 1 aromatic carbocycles. The number of carbonyl (C=O) groups excluding carboxylic acids is 2. The van der Waals surface area contributed by atoms with Crippen molar-refractivity contribution in [2.45, 2.75) is 33.7 Å². The van der Waals surface area contributed by atoms with Crippen molar-refractivity contribution in [3.05, 3.63) is 46.2 Å². The second kappa shape index (κ2) is 8.25. The molecule has 0 aliphatic carbocycles. The highest BCUT2D eigenvalue weighted by Gasteiger charge is 2.37. The highest BCUT2D eigenvalue weighted by molar-refractivity contribution is 9.10. The normalized spacial score (nSPS) is 18.0. The molecule has 27 heavy (non-hydrogen) atoms. The number of hydrogen-bond acceptors (Lipinski definition) is 3. The summed E-state index contributed by atoms with van der Waals surface area (Å²) in [4.78, 5) is 26.9. The number of carbonyl (C=O) groups is 2. The van der Waals surface area contributed by atoms with Crippen molar-refractivity contribution >= 4 is 33.4 Å². The first-order valence-electron chi connectivity index (χ1n) is 9.21. The van der Waals surface area contributed by atoms with Crippen molar-refractivity contribution in [1.82, 2.24) is 15.1 Å². The van der Waals surface area contributed by atoms with Gasteiger partial charge in [0.05, 0.1) is 5.69 Å². The van der Waals surface area contributed by atoms with Crippen molar-refractivity contribution in [2.75, 3.05) is 18.0 Å². The van der Waals surface area contributed by atoms with E-state index in [9.17, 15) is 9.59 Å². The van der Waals surface area contributed by atoms with E-state index >= 15 is 0 Å². The number of aromatic nitrogens is 2. The topological polar surface area (TPSA) is 67.2 Å². The lowest BCUT2D eigenvalue weighted by atomic mass is 10.1. The van der Waals surface area contributed by atoms with Gasteiger partial charge in [-0.1, -0.05) is 28.9 Å². The van der Waals surface area contributed by atoms with Crippen LogP contribution in [0.25, 0.3) is 0 Å². The molecule has 1 fully saturated rings. The van der Waals surface area contributed by atoms with Gasteiger partial charge < -0.3 is 10.2 Å². The second-order valence-electron chi connectivity index (χ2n) is 7.27. The molecule has 2 amide bonds. The predicted octanol–water partition coefficient (Wildman–Crippen LogP) is 3.07. The largest absolute Gasteiger partial charge is 0.355 e. The van der Waals surface area contributed by atoms with Gasteiger partial charge in [0, 0.05) is 35.5 Å². The van der Waals surface area contributed by atoms with E-state index in [0.717, 1.165) is 28.1 Å². The molecule has 2 heterocycles. The maximum absolute atomic E-state index is 12.7. The number of nitrogens with zero attached hydrogens (tertiary/aromatic N) is 3. The van der Waals surface area contributed by atoms with Gasteiger partial charge in [-0.15, -0.1) is 0 Å². The fraction of sp³-hybridized carbons (Fsp3) is 0.450. The Morgan fingerprint density at radius 2 is 2.15 bits per heavy atom. The molecule has 0 saturated carbocycles. The lowest BCUT2D eigenvalue weighted by Crippen LogP contribution is -2.39. The third-order valence-corrected chi connectivity index (χ3v) is 5.35. The van der Waals surface area contributed by atoms with E-state index in [1.807, 2.05) is 48.9 Å². The van der Waals surface area contributed by atoms with E-state index in [-0.39, 0.29) is 17.7 Å². The summed E-state index contributed by atoms with van der Waals surface area (Å²) in [6.45, 7) is 7.90. The van der Waals surface area contributed by atoms with Gasteiger partial charge in [-0.2, -0.15) is 5.10 Å². The van der Waals surface area contributed by atoms with Crippen LogP contribution in [0, 0.1) is 25.7 Å². The summed E-state index contributed by atoms with van der Waals surface area (Å²) >= 11 is 3.42. The fourth-order valence-corrected chi connectivity index (χ4v) is 3.83. The van der Waals surface area contributed by atoms with Crippen LogP contribution in [0.4, 0.5) is 5.69 Å². The molecule has 2 atom stereocenters. The Bertz CT molecular complexity index is 848. The molecule has 2 unspecified atom stereocenters. The Kier molecular flexibility index (Phi) is 5.99. The summed E-state index contributed by atoms with van der Waals surface area (Å²) in [6, 6.07) is 9.63. The summed E-state index contributed by atoms with van der Waals surface area (Å²) in [7, 11) is 0. The Morgan fingerprint density at radius 3 is 2.81 bits per heavy atom. The number of rotatable bonds is 6. The standard InChI is InChI=1S/C20H25BrN4O2/c1-13(12-25-15(3)9-14(2)23-25)11-22-19(26)18-7-8-24(20(18)27)17-6-4-5-16(21)10-17/h4-6,9-10,13,18H,7-8,11-12H2,1-3H3,(H,22,26). The van der Waals surface area contributed by atoms with Crippen molar-refractivity contribution < 1.29 is 9.59 Å². The van der Waals surface area contributed by atoms with Crippen molar-refractivity contribution in [3.63, 3.8) is 0 Å². The van der Waals surface area contributed by atoms with Gasteiger partial charge >= 0.3 is 0 Å². The van der Waals surface area contributed by atoms with E-state index in [1.165, 1.54) is 0 Å². The van der Waals surface area contributed by atoms with Gasteiger partial charge in [-0.3, -0.25) is 14.3 Å². The first kappa shape index (κ1) is 19.6. The van der Waals surface area contributed by atoms with Crippen molar-refractivity contribution in [3.8, 4) is 0 Å². The lowest BCUT2D eigenvalue weighted by Gasteiger charge is -2.18. The second-order valence-corrected chi connectivity index (χ2v) is 8.19. The lowest BCUT2D eigenvalue weighted by molar-refractivity contribution is -0.132. The monoisotopic (exact) mass is 432 g/mol. The van der Waals surface area contributed by atoms with Crippen LogP contribution in [-0.4, -0.2) is 34.7 Å². The number of benzene rings is 1. The number of nitrogens with one attached hydrogen (secondary N) is 1. The van der Waals surface area contributed by atoms with Crippen LogP contribution < -0.4 is 10.2 Å². The van der Waals surface area contributed by atoms with E-state index < -0.39 is 5.92 Å². The van der Waals surface area contributed by atoms with Gasteiger partial charge in [0.15, 0.2) is 0 Å². The Morgan fingerprint density at radius 1 is 1.37 bits per heavy atom. The first-order valence-corrected chi connectivity index (χ1v) is 10.00. The molecule has 3 rings (SSSR count). The van der Waals surface area contributed by atoms with Crippen LogP contribution in [0.3, 0.4) is 0 Å². The molecular formula is C20H25BrN4O2. The molecule has 1 saturated heterocycles. The van der Waals surface area contributed by atoms with Gasteiger partial charge in [-0.25, -0.2) is 0 Å². The van der Waals surface area contributed by atoms with Crippen molar-refractivity contribution in [2.24, 2.45) is 11.8 Å². The molecule has 0 spiro atoms. The molecule has 1 aliphatic rings. The summed E-state index contributed by atoms with van der Waals surface area (Å²) in [5, 5.41) is 7.40. The van der Waals surface area contributed by atoms with Crippen molar-refractivity contribution in [1.29, 1.82) is 0 Å². The molecular weight excluding hydrogens is 408 g/mol. The van der Waals surface area contributed by atoms with Crippen LogP contribution in [0.5, 0.6) is 0 Å². The minimum atomic E-state index is -0.607. The van der Waals surface area contributed by atoms with E-state index in [4.69, 9.17) is 0 Å². The van der Waals surface area contributed by atoms with Gasteiger partial charge in [0.1, 0.15) is 5.92 Å². The van der Waals surface area contributed by atoms with E-state index in [2.05, 4.69) is 33.3 Å². The zero-order valence-electron chi connectivity index (χ0n) is 15.9. The predicted molar refractivity (Wildman–Crippen MR) is 108 cm³/mol. The zero-order valence-corrected chi connectivity index (χ0v) is 17.5. The van der Waals surface area contributed by atoms with Crippen LogP contribution in [-0.2, 0) is 16.1 Å². The summed E-state index contributed by atoms with van der Waals surface area (Å²) in [5.41, 5.74) is 2.93. The molecule has 2 aromatic rings. The Hall–Kier alpha value is -2.15. The summed E-state index contributed by atoms with van der Waals surface area (Å²) in [6.07, 6.45) is 0.545. The highest BCUT2D eigenvalue weighted by atomic mass is 79.9. The number of aryl methyl sites for hydroxylation is 2. The number of amides is 2. The molecule has 1 N–H and O–H groups in total. The quantitative estimate of drug-likeness (QED) is 0.713. The molecule has 1 aliphatic heterocycles. The number of anilines is 1. The summed E-state index contributed by atoms with van der Waals surface area (Å²) < 4.78 is 2.88. The van der Waals surface area contributed by atoms with Crippen LogP contribution >= 0.6 is 15.9 Å². The van der Waals surface area contributed by atoms with E-state index in [0.29, 0.717) is 19.5 Å². The minimum Gasteiger partial charge on any atom is -0.355 e. The maximum atomic E-state index is 12.7. The average molecular weight is 433 g/mol. The van der Waals surface area contributed by atoms with E-state index in [1.54, 1.807) is 4.90 Å². The minimum absolute atomic E-state index is 0.128. The smallest absolute Gasteiger partial charge is 0.239 e. The van der Waals surface area contributed by atoms with Crippen LogP contribution in [0.15, 0.2) is 34.8 Å². The summed E-state index contributed by atoms with van der Waals surface area (Å²) in [5.74, 6) is -0.691. The third kappa shape index (κ3) is 4.58. The molecule has 7 heteroatoms. The Labute approximate surface area is 168 Å². The van der Waals surface area contributed by atoms with Gasteiger partial charge in [0.2, 0.25) is 11.8 Å². The number of hydrogen-bond donors (Lipinski definition) is 1. The SMILES string of the molecule is Cc1cc(C)n(CC(C)CNC(=O)C2CCN(c3cccc(Br)c3)C2=O)n1. The van der Waals surface area contributed by atoms with Crippen LogP contribution in [0.1, 0.15) is 24.7 Å². The Balaban J connectivity index is 1.54. The zero-order chi connectivity index (χ0) is 19.6. The molecule has 0 bridgehead atoms. The molecule has 0 radical (unpaired) electrons. The molecule has 1 aromatic heterocycles. The average Bonchev–Trinajstić information content (AvgIpc) is 3.14. The third-order valence-electron chi connectivity index (χ3n) is 4.85. The first-order chi connectivity index (χ1) is 12.8. The van der Waals surface area contributed by atoms with Crippen LogP contribution in [0.2, 0.25) is 0 Å². The maximum Gasteiger partial charge on any atom is 0.239 e. The van der Waals surface area contributed by atoms with Gasteiger partial charge in [0.25, 0.3) is 0 Å². The highest BCUT2D eigenvalue weighted by Crippen LogP contribution is 2.27. The molecule has 144 valence electrons. The fourth-order valence-electron chi connectivity index (χ4n) is 3.44.